The average molecular weight is 400 g/mol. The van der Waals surface area contributed by atoms with Gasteiger partial charge in [-0.3, -0.25) is 9.59 Å². The monoisotopic (exact) mass is 399 g/mol. The number of carbonyl (C=O) groups excluding carboxylic acids is 2. The van der Waals surface area contributed by atoms with E-state index in [2.05, 4.69) is 0 Å². The molecule has 2 aromatic rings. The highest BCUT2D eigenvalue weighted by Crippen LogP contribution is 2.16. The molecular weight excluding hydrogens is 374 g/mol. The van der Waals surface area contributed by atoms with Gasteiger partial charge in [0.15, 0.2) is 0 Å². The first-order chi connectivity index (χ1) is 13.4. The Balaban J connectivity index is 1.48. The Kier molecular flexibility index (Phi) is 6.57. The van der Waals surface area contributed by atoms with Crippen LogP contribution in [0.5, 0.6) is 0 Å². The highest BCUT2D eigenvalue weighted by Gasteiger charge is 2.24. The first-order valence-corrected chi connectivity index (χ1v) is 9.91. The number of hydrogen-bond donors (Lipinski definition) is 0. The fourth-order valence-corrected chi connectivity index (χ4v) is 3.43. The number of carbonyl (C=O) groups is 2. The van der Waals surface area contributed by atoms with Gasteiger partial charge < -0.3 is 14.7 Å². The summed E-state index contributed by atoms with van der Waals surface area (Å²) in [5, 5.41) is 0.701. The van der Waals surface area contributed by atoms with Gasteiger partial charge in [0.1, 0.15) is 0 Å². The molecule has 0 N–H and O–H groups in total. The van der Waals surface area contributed by atoms with E-state index in [9.17, 15) is 9.59 Å². The molecule has 1 heterocycles. The summed E-state index contributed by atoms with van der Waals surface area (Å²) >= 11 is 5.89. The van der Waals surface area contributed by atoms with E-state index in [4.69, 9.17) is 11.6 Å². The molecule has 0 radical (unpaired) electrons. The number of hydrogen-bond acceptors (Lipinski definition) is 3. The minimum absolute atomic E-state index is 0.0265. The van der Waals surface area contributed by atoms with E-state index >= 15 is 0 Å². The Morgan fingerprint density at radius 3 is 2.04 bits per heavy atom. The van der Waals surface area contributed by atoms with E-state index < -0.39 is 0 Å². The Bertz CT molecular complexity index is 811. The lowest BCUT2D eigenvalue weighted by Gasteiger charge is -2.35. The molecule has 28 heavy (non-hydrogen) atoms. The summed E-state index contributed by atoms with van der Waals surface area (Å²) in [6.45, 7) is 2.31. The molecular formula is C22H26ClN3O2. The van der Waals surface area contributed by atoms with Crippen LogP contribution in [0.4, 0.5) is 5.69 Å². The Hall–Kier alpha value is -2.53. The van der Waals surface area contributed by atoms with Crippen molar-refractivity contribution in [2.24, 2.45) is 0 Å². The van der Waals surface area contributed by atoms with Gasteiger partial charge in [-0.25, -0.2) is 0 Å². The van der Waals surface area contributed by atoms with Gasteiger partial charge in [-0.05, 0) is 48.4 Å². The summed E-state index contributed by atoms with van der Waals surface area (Å²) in [5.74, 6) is 0.163. The van der Waals surface area contributed by atoms with Gasteiger partial charge in [0.05, 0.1) is 0 Å². The predicted octanol–water partition coefficient (Wildman–Crippen LogP) is 3.32. The molecule has 1 fully saturated rings. The third kappa shape index (κ3) is 5.04. The van der Waals surface area contributed by atoms with Crippen molar-refractivity contribution < 1.29 is 9.59 Å². The second-order valence-corrected chi connectivity index (χ2v) is 7.68. The zero-order valence-electron chi connectivity index (χ0n) is 16.4. The highest BCUT2D eigenvalue weighted by atomic mass is 35.5. The number of aryl methyl sites for hydroxylation is 1. The fourth-order valence-electron chi connectivity index (χ4n) is 3.30. The molecule has 1 aliphatic rings. The summed E-state index contributed by atoms with van der Waals surface area (Å²) in [7, 11) is 3.94. The number of piperazine rings is 1. The van der Waals surface area contributed by atoms with Crippen LogP contribution < -0.4 is 4.90 Å². The highest BCUT2D eigenvalue weighted by molar-refractivity contribution is 6.30. The molecule has 2 amide bonds. The number of benzene rings is 2. The number of amides is 2. The van der Waals surface area contributed by atoms with Gasteiger partial charge in [-0.15, -0.1) is 0 Å². The number of rotatable bonds is 5. The van der Waals surface area contributed by atoms with Crippen molar-refractivity contribution in [3.05, 3.63) is 64.7 Å². The molecule has 0 atom stereocenters. The third-order valence-electron chi connectivity index (χ3n) is 5.09. The van der Waals surface area contributed by atoms with Crippen molar-refractivity contribution in [3.63, 3.8) is 0 Å². The van der Waals surface area contributed by atoms with E-state index in [1.165, 1.54) is 0 Å². The molecule has 3 rings (SSSR count). The molecule has 6 heteroatoms. The second kappa shape index (κ2) is 9.11. The second-order valence-electron chi connectivity index (χ2n) is 7.24. The van der Waals surface area contributed by atoms with Gasteiger partial charge >= 0.3 is 0 Å². The van der Waals surface area contributed by atoms with Crippen molar-refractivity contribution in [1.82, 2.24) is 9.80 Å². The number of halogens is 1. The topological polar surface area (TPSA) is 43.9 Å². The lowest BCUT2D eigenvalue weighted by atomic mass is 10.1. The lowest BCUT2D eigenvalue weighted by molar-refractivity contribution is -0.132. The van der Waals surface area contributed by atoms with Crippen molar-refractivity contribution in [1.29, 1.82) is 0 Å². The average Bonchev–Trinajstić information content (AvgIpc) is 2.73. The zero-order chi connectivity index (χ0) is 20.1. The molecule has 2 aromatic carbocycles. The van der Waals surface area contributed by atoms with Crippen LogP contribution in [0.2, 0.25) is 5.02 Å². The van der Waals surface area contributed by atoms with Crippen LogP contribution in [0.1, 0.15) is 22.3 Å². The molecule has 5 nitrogen and oxygen atoms in total. The smallest absolute Gasteiger partial charge is 0.253 e. The predicted molar refractivity (Wildman–Crippen MR) is 113 cm³/mol. The van der Waals surface area contributed by atoms with Gasteiger partial charge in [0, 0.05) is 63.0 Å². The molecule has 0 aromatic heterocycles. The molecule has 0 spiro atoms. The molecule has 1 aliphatic heterocycles. The SMILES string of the molecule is CN(C)c1ccc(C(=O)N2CCN(C(=O)CCc3ccc(Cl)cc3)CC2)cc1. The zero-order valence-corrected chi connectivity index (χ0v) is 17.2. The van der Waals surface area contributed by atoms with E-state index in [0.29, 0.717) is 49.6 Å². The van der Waals surface area contributed by atoms with Crippen molar-refractivity contribution in [2.75, 3.05) is 45.2 Å². The summed E-state index contributed by atoms with van der Waals surface area (Å²) in [5.41, 5.74) is 2.86. The molecule has 0 saturated carbocycles. The quantitative estimate of drug-likeness (QED) is 0.774. The van der Waals surface area contributed by atoms with Crippen LogP contribution in [0.3, 0.4) is 0 Å². The van der Waals surface area contributed by atoms with Gasteiger partial charge in [0.2, 0.25) is 5.91 Å². The van der Waals surface area contributed by atoms with Gasteiger partial charge in [-0.2, -0.15) is 0 Å². The molecule has 0 aliphatic carbocycles. The number of nitrogens with zero attached hydrogens (tertiary/aromatic N) is 3. The van der Waals surface area contributed by atoms with E-state index in [1.54, 1.807) is 0 Å². The largest absolute Gasteiger partial charge is 0.378 e. The van der Waals surface area contributed by atoms with Crippen molar-refractivity contribution >= 4 is 29.1 Å². The standard InChI is InChI=1S/C22H26ClN3O2/c1-24(2)20-10-6-18(7-11-20)22(28)26-15-13-25(14-16-26)21(27)12-5-17-3-8-19(23)9-4-17/h3-4,6-11H,5,12-16H2,1-2H3. The van der Waals surface area contributed by atoms with Gasteiger partial charge in [-0.1, -0.05) is 23.7 Å². The Morgan fingerprint density at radius 2 is 1.46 bits per heavy atom. The van der Waals surface area contributed by atoms with Crippen molar-refractivity contribution in [2.45, 2.75) is 12.8 Å². The molecule has 1 saturated heterocycles. The van der Waals surface area contributed by atoms with Crippen LogP contribution in [0, 0.1) is 0 Å². The van der Waals surface area contributed by atoms with E-state index in [-0.39, 0.29) is 11.8 Å². The van der Waals surface area contributed by atoms with Crippen LogP contribution >= 0.6 is 11.6 Å². The van der Waals surface area contributed by atoms with E-state index in [0.717, 1.165) is 11.3 Å². The maximum atomic E-state index is 12.7. The first kappa shape index (κ1) is 20.2. The third-order valence-corrected chi connectivity index (χ3v) is 5.34. The van der Waals surface area contributed by atoms with Crippen LogP contribution in [0.15, 0.2) is 48.5 Å². The maximum Gasteiger partial charge on any atom is 0.253 e. The fraction of sp³-hybridized carbons (Fsp3) is 0.364. The Morgan fingerprint density at radius 1 is 0.893 bits per heavy atom. The summed E-state index contributed by atoms with van der Waals surface area (Å²) in [6, 6.07) is 15.2. The minimum atomic E-state index is 0.0265. The van der Waals surface area contributed by atoms with Gasteiger partial charge in [0.25, 0.3) is 5.91 Å². The van der Waals surface area contributed by atoms with E-state index in [1.807, 2.05) is 77.3 Å². The van der Waals surface area contributed by atoms with Crippen LogP contribution in [0.25, 0.3) is 0 Å². The summed E-state index contributed by atoms with van der Waals surface area (Å²) in [4.78, 5) is 30.9. The van der Waals surface area contributed by atoms with Crippen LogP contribution in [-0.2, 0) is 11.2 Å². The molecule has 0 unspecified atom stereocenters. The Labute approximate surface area is 171 Å². The number of anilines is 1. The molecule has 0 bridgehead atoms. The summed E-state index contributed by atoms with van der Waals surface area (Å²) < 4.78 is 0. The van der Waals surface area contributed by atoms with Crippen LogP contribution in [-0.4, -0.2) is 61.9 Å². The minimum Gasteiger partial charge on any atom is -0.378 e. The normalized spacial score (nSPS) is 14.1. The van der Waals surface area contributed by atoms with Crippen molar-refractivity contribution in [3.8, 4) is 0 Å². The first-order valence-electron chi connectivity index (χ1n) is 9.53. The molecule has 148 valence electrons. The lowest BCUT2D eigenvalue weighted by Crippen LogP contribution is -2.50. The summed E-state index contributed by atoms with van der Waals surface area (Å²) in [6.07, 6.45) is 1.18. The maximum absolute atomic E-state index is 12.7.